The van der Waals surface area contributed by atoms with Crippen molar-refractivity contribution >= 4 is 23.2 Å². The van der Waals surface area contributed by atoms with E-state index in [4.69, 9.17) is 9.47 Å². The smallest absolute Gasteiger partial charge is 0.222 e. The summed E-state index contributed by atoms with van der Waals surface area (Å²) >= 11 is 0. The van der Waals surface area contributed by atoms with Gasteiger partial charge in [-0.25, -0.2) is 27.5 Å². The first kappa shape index (κ1) is 20.7. The van der Waals surface area contributed by atoms with Crippen molar-refractivity contribution in [2.24, 2.45) is 9.98 Å². The number of benzene rings is 3. The van der Waals surface area contributed by atoms with E-state index in [1.807, 2.05) is 0 Å². The average Bonchev–Trinajstić information content (AvgIpc) is 3.41. The first-order valence-electron chi connectivity index (χ1n) is 10.5. The molecule has 3 aromatic carbocycles. The summed E-state index contributed by atoms with van der Waals surface area (Å²) < 4.78 is 71.8. The molecule has 0 saturated heterocycles. The summed E-state index contributed by atoms with van der Waals surface area (Å²) in [5.41, 5.74) is -2.12. The number of rotatable bonds is 2. The van der Waals surface area contributed by atoms with Crippen LogP contribution in [0, 0.1) is 23.3 Å². The minimum absolute atomic E-state index is 0.104. The second-order valence-electron chi connectivity index (χ2n) is 8.54. The first-order chi connectivity index (χ1) is 16.3. The van der Waals surface area contributed by atoms with Gasteiger partial charge >= 0.3 is 0 Å². The summed E-state index contributed by atoms with van der Waals surface area (Å²) in [6, 6.07) is 17.6. The molecule has 0 saturated carbocycles. The quantitative estimate of drug-likeness (QED) is 0.328. The molecule has 6 rings (SSSR count). The van der Waals surface area contributed by atoms with E-state index in [0.29, 0.717) is 11.1 Å². The van der Waals surface area contributed by atoms with Crippen LogP contribution in [-0.2, 0) is 9.47 Å². The molecule has 2 unspecified atom stereocenters. The highest BCUT2D eigenvalue weighted by molar-refractivity contribution is 6.05. The fraction of sp³-hybridized carbons (Fsp3) is 0.154. The SMILES string of the molecule is CC12OC(c3ccccc3)=NC1=c1c(F)c(F)c(F)c(F)c1=C1N=C(c3ccccc3)OC12C. The molecule has 1 aliphatic carbocycles. The van der Waals surface area contributed by atoms with Crippen molar-refractivity contribution in [3.8, 4) is 0 Å². The highest BCUT2D eigenvalue weighted by atomic mass is 19.2. The zero-order valence-corrected chi connectivity index (χ0v) is 18.0. The molecular weight excluding hydrogens is 448 g/mol. The third kappa shape index (κ3) is 2.48. The van der Waals surface area contributed by atoms with Crippen LogP contribution in [0.5, 0.6) is 0 Å². The number of hydrogen-bond acceptors (Lipinski definition) is 4. The van der Waals surface area contributed by atoms with E-state index >= 15 is 8.78 Å². The van der Waals surface area contributed by atoms with E-state index in [0.717, 1.165) is 0 Å². The van der Waals surface area contributed by atoms with Gasteiger partial charge in [-0.2, -0.15) is 0 Å². The largest absolute Gasteiger partial charge is 0.460 e. The van der Waals surface area contributed by atoms with Crippen molar-refractivity contribution < 1.29 is 27.0 Å². The molecule has 2 heterocycles. The molecule has 2 atom stereocenters. The third-order valence-corrected chi connectivity index (χ3v) is 6.62. The molecule has 8 heteroatoms. The first-order valence-corrected chi connectivity index (χ1v) is 10.5. The molecule has 0 spiro atoms. The van der Waals surface area contributed by atoms with Crippen LogP contribution >= 0.6 is 0 Å². The Hall–Kier alpha value is -3.94. The predicted octanol–water partition coefficient (Wildman–Crippen LogP) is 3.94. The monoisotopic (exact) mass is 464 g/mol. The van der Waals surface area contributed by atoms with Gasteiger partial charge in [-0.05, 0) is 38.1 Å². The lowest BCUT2D eigenvalue weighted by Gasteiger charge is -2.41. The average molecular weight is 464 g/mol. The van der Waals surface area contributed by atoms with Crippen molar-refractivity contribution in [2.75, 3.05) is 0 Å². The van der Waals surface area contributed by atoms with Crippen LogP contribution in [0.4, 0.5) is 17.6 Å². The molecule has 0 bridgehead atoms. The Labute approximate surface area is 191 Å². The Morgan fingerprint density at radius 2 is 0.912 bits per heavy atom. The Bertz CT molecular complexity index is 1450. The van der Waals surface area contributed by atoms with Crippen LogP contribution in [0.1, 0.15) is 25.0 Å². The molecule has 3 aliphatic rings. The lowest BCUT2D eigenvalue weighted by atomic mass is 9.76. The van der Waals surface area contributed by atoms with Gasteiger partial charge in [0.15, 0.2) is 34.5 Å². The van der Waals surface area contributed by atoms with Crippen LogP contribution in [0.25, 0.3) is 11.4 Å². The molecule has 2 aliphatic heterocycles. The molecular formula is C26H16F4N2O2. The van der Waals surface area contributed by atoms with Crippen LogP contribution < -0.4 is 10.4 Å². The van der Waals surface area contributed by atoms with Crippen LogP contribution in [-0.4, -0.2) is 23.0 Å². The Morgan fingerprint density at radius 1 is 0.559 bits per heavy atom. The summed E-state index contributed by atoms with van der Waals surface area (Å²) in [6.07, 6.45) is 0. The number of fused-ring (bicyclic) bond motifs is 4. The van der Waals surface area contributed by atoms with Crippen LogP contribution in [0.2, 0.25) is 0 Å². The van der Waals surface area contributed by atoms with Gasteiger partial charge in [-0.3, -0.25) is 0 Å². The molecule has 170 valence electrons. The van der Waals surface area contributed by atoms with Gasteiger partial charge in [-0.1, -0.05) is 36.4 Å². The third-order valence-electron chi connectivity index (χ3n) is 6.62. The van der Waals surface area contributed by atoms with Crippen molar-refractivity contribution in [1.29, 1.82) is 0 Å². The van der Waals surface area contributed by atoms with E-state index in [-0.39, 0.29) is 23.2 Å². The minimum Gasteiger partial charge on any atom is -0.460 e. The second kappa shape index (κ2) is 6.79. The zero-order chi connectivity index (χ0) is 23.8. The number of halogens is 4. The minimum atomic E-state index is -1.93. The maximum absolute atomic E-state index is 15.2. The predicted molar refractivity (Wildman–Crippen MR) is 117 cm³/mol. The summed E-state index contributed by atoms with van der Waals surface area (Å²) in [6.45, 7) is 3.18. The molecule has 34 heavy (non-hydrogen) atoms. The van der Waals surface area contributed by atoms with Crippen LogP contribution in [0.3, 0.4) is 0 Å². The number of hydrogen-bond donors (Lipinski definition) is 0. The molecule has 0 N–H and O–H groups in total. The highest BCUT2D eigenvalue weighted by Crippen LogP contribution is 2.50. The summed E-state index contributed by atoms with van der Waals surface area (Å²) in [5, 5.41) is -1.06. The number of nitrogens with zero attached hydrogens (tertiary/aromatic N) is 2. The number of aliphatic imine (C=N–C) groups is 2. The van der Waals surface area contributed by atoms with Gasteiger partial charge in [-0.15, -0.1) is 0 Å². The maximum atomic E-state index is 15.2. The van der Waals surface area contributed by atoms with E-state index in [1.54, 1.807) is 74.5 Å². The van der Waals surface area contributed by atoms with Gasteiger partial charge in [0, 0.05) is 11.1 Å². The molecule has 3 aromatic rings. The van der Waals surface area contributed by atoms with Gasteiger partial charge < -0.3 is 9.47 Å². The fourth-order valence-corrected chi connectivity index (χ4v) is 4.67. The second-order valence-corrected chi connectivity index (χ2v) is 8.54. The molecule has 0 fully saturated rings. The van der Waals surface area contributed by atoms with Gasteiger partial charge in [0.25, 0.3) is 0 Å². The molecule has 4 nitrogen and oxygen atoms in total. The van der Waals surface area contributed by atoms with E-state index in [2.05, 4.69) is 9.98 Å². The lowest BCUT2D eigenvalue weighted by molar-refractivity contribution is -0.0246. The summed E-state index contributed by atoms with van der Waals surface area (Å²) in [4.78, 5) is 8.88. The lowest BCUT2D eigenvalue weighted by Crippen LogP contribution is -2.60. The Kier molecular flexibility index (Phi) is 4.12. The Balaban J connectivity index is 1.75. The van der Waals surface area contributed by atoms with Crippen molar-refractivity contribution in [1.82, 2.24) is 0 Å². The maximum Gasteiger partial charge on any atom is 0.222 e. The highest BCUT2D eigenvalue weighted by Gasteiger charge is 2.63. The van der Waals surface area contributed by atoms with Gasteiger partial charge in [0.05, 0.1) is 10.4 Å². The number of ether oxygens (including phenoxy) is 2. The van der Waals surface area contributed by atoms with Gasteiger partial charge in [0.1, 0.15) is 11.4 Å². The van der Waals surface area contributed by atoms with Crippen molar-refractivity contribution in [2.45, 2.75) is 25.0 Å². The standard InChI is InChI=1S/C26H16F4N2O2/c1-25-21(31-23(33-25)13-9-5-3-6-10-13)15-16(18(28)20(30)19(29)17(15)27)22-26(25,2)34-24(32-22)14-11-7-4-8-12-14/h3-12H,1-2H3. The fourth-order valence-electron chi connectivity index (χ4n) is 4.67. The van der Waals surface area contributed by atoms with E-state index in [1.165, 1.54) is 0 Å². The summed E-state index contributed by atoms with van der Waals surface area (Å²) in [7, 11) is 0. The van der Waals surface area contributed by atoms with E-state index in [9.17, 15) is 8.78 Å². The summed E-state index contributed by atoms with van der Waals surface area (Å²) in [5.74, 6) is -6.74. The van der Waals surface area contributed by atoms with Gasteiger partial charge in [0.2, 0.25) is 11.8 Å². The van der Waals surface area contributed by atoms with Crippen molar-refractivity contribution in [3.05, 3.63) is 105 Å². The van der Waals surface area contributed by atoms with Crippen LogP contribution in [0.15, 0.2) is 70.6 Å². The zero-order valence-electron chi connectivity index (χ0n) is 18.0. The van der Waals surface area contributed by atoms with Crippen molar-refractivity contribution in [3.63, 3.8) is 0 Å². The molecule has 0 radical (unpaired) electrons. The van der Waals surface area contributed by atoms with E-state index < -0.39 is 44.9 Å². The molecule has 0 amide bonds. The Morgan fingerprint density at radius 3 is 1.26 bits per heavy atom. The normalized spacial score (nSPS) is 24.5. The topological polar surface area (TPSA) is 43.2 Å². The molecule has 0 aromatic heterocycles.